The van der Waals surface area contributed by atoms with Gasteiger partial charge in [0.2, 0.25) is 0 Å². The van der Waals surface area contributed by atoms with Crippen LogP contribution in [0.4, 0.5) is 5.82 Å². The molecule has 1 aromatic carbocycles. The summed E-state index contributed by atoms with van der Waals surface area (Å²) in [5, 5.41) is 3.63. The van der Waals surface area contributed by atoms with Crippen molar-refractivity contribution in [1.82, 2.24) is 9.97 Å². The average molecular weight is 250 g/mol. The second-order valence-corrected chi connectivity index (χ2v) is 3.88. The minimum absolute atomic E-state index is 0.441. The van der Waals surface area contributed by atoms with Crippen molar-refractivity contribution in [2.75, 3.05) is 12.4 Å². The van der Waals surface area contributed by atoms with E-state index in [9.17, 15) is 0 Å². The van der Waals surface area contributed by atoms with Crippen LogP contribution in [0.15, 0.2) is 30.6 Å². The van der Waals surface area contributed by atoms with E-state index in [2.05, 4.69) is 15.3 Å². The van der Waals surface area contributed by atoms with E-state index < -0.39 is 0 Å². The molecule has 0 saturated carbocycles. The highest BCUT2D eigenvalue weighted by Crippen LogP contribution is 2.27. The molecule has 1 aromatic heterocycles. The lowest BCUT2D eigenvalue weighted by molar-refractivity contribution is 0.462. The van der Waals surface area contributed by atoms with Crippen LogP contribution in [0.1, 0.15) is 5.56 Å². The Morgan fingerprint density at radius 3 is 2.71 bits per heavy atom. The van der Waals surface area contributed by atoms with Crippen molar-refractivity contribution in [1.29, 1.82) is 0 Å². The zero-order valence-corrected chi connectivity index (χ0v) is 10.3. The summed E-state index contributed by atoms with van der Waals surface area (Å²) in [6.45, 7) is 1.92. The van der Waals surface area contributed by atoms with Gasteiger partial charge in [-0.15, -0.1) is 0 Å². The Kier molecular flexibility index (Phi) is 3.44. The third-order valence-corrected chi connectivity index (χ3v) is 2.67. The van der Waals surface area contributed by atoms with Crippen LogP contribution in [-0.4, -0.2) is 17.0 Å². The summed E-state index contributed by atoms with van der Waals surface area (Å²) in [6.07, 6.45) is 3.19. The Labute approximate surface area is 105 Å². The summed E-state index contributed by atoms with van der Waals surface area (Å²) in [6, 6.07) is 5.45. The Hall–Kier alpha value is -1.81. The number of nitrogens with zero attached hydrogens (tertiary/aromatic N) is 2. The molecule has 0 saturated heterocycles. The SMILES string of the molecule is CNc1nccnc1Oc1ccc(Cl)c(C)c1. The van der Waals surface area contributed by atoms with Crippen molar-refractivity contribution in [2.45, 2.75) is 6.92 Å². The second kappa shape index (κ2) is 5.01. The predicted molar refractivity (Wildman–Crippen MR) is 67.8 cm³/mol. The summed E-state index contributed by atoms with van der Waals surface area (Å²) in [5.74, 6) is 1.72. The van der Waals surface area contributed by atoms with E-state index in [1.807, 2.05) is 13.0 Å². The zero-order valence-electron chi connectivity index (χ0n) is 9.57. The number of rotatable bonds is 3. The number of hydrogen-bond acceptors (Lipinski definition) is 4. The van der Waals surface area contributed by atoms with Crippen LogP contribution < -0.4 is 10.1 Å². The fraction of sp³-hybridized carbons (Fsp3) is 0.167. The van der Waals surface area contributed by atoms with E-state index in [4.69, 9.17) is 16.3 Å². The number of ether oxygens (including phenoxy) is 1. The van der Waals surface area contributed by atoms with Gasteiger partial charge in [-0.05, 0) is 30.7 Å². The zero-order chi connectivity index (χ0) is 12.3. The third-order valence-electron chi connectivity index (χ3n) is 2.25. The average Bonchev–Trinajstić information content (AvgIpc) is 2.34. The molecule has 0 fully saturated rings. The molecule has 4 nitrogen and oxygen atoms in total. The molecule has 17 heavy (non-hydrogen) atoms. The monoisotopic (exact) mass is 249 g/mol. The maximum absolute atomic E-state index is 5.95. The maximum Gasteiger partial charge on any atom is 0.262 e. The molecule has 0 aliphatic carbocycles. The van der Waals surface area contributed by atoms with Crippen molar-refractivity contribution in [3.05, 3.63) is 41.2 Å². The van der Waals surface area contributed by atoms with Gasteiger partial charge in [0.25, 0.3) is 5.88 Å². The van der Waals surface area contributed by atoms with E-state index in [1.165, 1.54) is 0 Å². The van der Waals surface area contributed by atoms with Crippen LogP contribution in [0.5, 0.6) is 11.6 Å². The van der Waals surface area contributed by atoms with E-state index in [-0.39, 0.29) is 0 Å². The number of anilines is 1. The lowest BCUT2D eigenvalue weighted by Crippen LogP contribution is -1.98. The molecule has 0 spiro atoms. The first-order valence-electron chi connectivity index (χ1n) is 5.13. The van der Waals surface area contributed by atoms with Crippen LogP contribution in [0, 0.1) is 6.92 Å². The van der Waals surface area contributed by atoms with Gasteiger partial charge in [0.15, 0.2) is 5.82 Å². The molecule has 2 rings (SSSR count). The molecule has 0 aliphatic heterocycles. The minimum Gasteiger partial charge on any atom is -0.436 e. The van der Waals surface area contributed by atoms with Gasteiger partial charge in [-0.1, -0.05) is 11.6 Å². The summed E-state index contributed by atoms with van der Waals surface area (Å²) in [7, 11) is 1.77. The van der Waals surface area contributed by atoms with Gasteiger partial charge in [-0.2, -0.15) is 0 Å². The van der Waals surface area contributed by atoms with Gasteiger partial charge in [0.1, 0.15) is 5.75 Å². The normalized spacial score (nSPS) is 10.1. The van der Waals surface area contributed by atoms with Gasteiger partial charge < -0.3 is 10.1 Å². The maximum atomic E-state index is 5.95. The Balaban J connectivity index is 2.28. The first-order chi connectivity index (χ1) is 8.20. The van der Waals surface area contributed by atoms with Crippen LogP contribution in [0.25, 0.3) is 0 Å². The molecular weight excluding hydrogens is 238 g/mol. The lowest BCUT2D eigenvalue weighted by Gasteiger charge is -2.09. The fourth-order valence-electron chi connectivity index (χ4n) is 1.36. The molecule has 5 heteroatoms. The first kappa shape index (κ1) is 11.7. The minimum atomic E-state index is 0.441. The number of aryl methyl sites for hydroxylation is 1. The highest BCUT2D eigenvalue weighted by atomic mass is 35.5. The van der Waals surface area contributed by atoms with E-state index in [0.717, 1.165) is 5.56 Å². The van der Waals surface area contributed by atoms with Crippen LogP contribution >= 0.6 is 11.6 Å². The Morgan fingerprint density at radius 2 is 2.00 bits per heavy atom. The smallest absolute Gasteiger partial charge is 0.262 e. The van der Waals surface area contributed by atoms with Gasteiger partial charge in [0, 0.05) is 24.5 Å². The van der Waals surface area contributed by atoms with Crippen molar-refractivity contribution in [2.24, 2.45) is 0 Å². The number of benzene rings is 1. The Morgan fingerprint density at radius 1 is 1.24 bits per heavy atom. The largest absolute Gasteiger partial charge is 0.436 e. The molecule has 0 bridgehead atoms. The molecular formula is C12H12ClN3O. The molecule has 88 valence electrons. The molecule has 0 atom stereocenters. The highest BCUT2D eigenvalue weighted by molar-refractivity contribution is 6.31. The number of hydrogen-bond donors (Lipinski definition) is 1. The first-order valence-corrected chi connectivity index (χ1v) is 5.51. The topological polar surface area (TPSA) is 47.0 Å². The van der Waals surface area contributed by atoms with Crippen molar-refractivity contribution in [3.8, 4) is 11.6 Å². The van der Waals surface area contributed by atoms with E-state index in [0.29, 0.717) is 22.5 Å². The summed E-state index contributed by atoms with van der Waals surface area (Å²) < 4.78 is 5.64. The number of aromatic nitrogens is 2. The number of halogens is 1. The molecule has 0 amide bonds. The predicted octanol–water partition coefficient (Wildman–Crippen LogP) is 3.27. The van der Waals surface area contributed by atoms with Crippen LogP contribution in [0.2, 0.25) is 5.02 Å². The molecule has 1 N–H and O–H groups in total. The van der Waals surface area contributed by atoms with Gasteiger partial charge in [0.05, 0.1) is 0 Å². The lowest BCUT2D eigenvalue weighted by atomic mass is 10.2. The molecule has 2 aromatic rings. The summed E-state index contributed by atoms with van der Waals surface area (Å²) in [4.78, 5) is 8.23. The van der Waals surface area contributed by atoms with Crippen molar-refractivity contribution >= 4 is 17.4 Å². The van der Waals surface area contributed by atoms with Crippen molar-refractivity contribution in [3.63, 3.8) is 0 Å². The summed E-state index contributed by atoms with van der Waals surface area (Å²) in [5.41, 5.74) is 0.957. The van der Waals surface area contributed by atoms with Crippen molar-refractivity contribution < 1.29 is 4.74 Å². The van der Waals surface area contributed by atoms with E-state index in [1.54, 1.807) is 31.6 Å². The number of nitrogens with one attached hydrogen (secondary N) is 1. The van der Waals surface area contributed by atoms with Gasteiger partial charge in [-0.25, -0.2) is 9.97 Å². The fourth-order valence-corrected chi connectivity index (χ4v) is 1.48. The molecule has 0 radical (unpaired) electrons. The van der Waals surface area contributed by atoms with E-state index >= 15 is 0 Å². The quantitative estimate of drug-likeness (QED) is 0.907. The summed E-state index contributed by atoms with van der Waals surface area (Å²) >= 11 is 5.95. The van der Waals surface area contributed by atoms with Crippen LogP contribution in [-0.2, 0) is 0 Å². The van der Waals surface area contributed by atoms with Gasteiger partial charge >= 0.3 is 0 Å². The standard InChI is InChI=1S/C12H12ClN3O/c1-8-7-9(3-4-10(8)13)17-12-11(14-2)15-5-6-16-12/h3-7H,1-2H3,(H,14,15). The van der Waals surface area contributed by atoms with Gasteiger partial charge in [-0.3, -0.25) is 0 Å². The molecule has 1 heterocycles. The Bertz CT molecular complexity index is 531. The molecule has 0 aliphatic rings. The third kappa shape index (κ3) is 2.65. The van der Waals surface area contributed by atoms with Crippen LogP contribution in [0.3, 0.4) is 0 Å². The second-order valence-electron chi connectivity index (χ2n) is 3.47. The highest BCUT2D eigenvalue weighted by Gasteiger charge is 2.06. The molecule has 0 unspecified atom stereocenters.